The highest BCUT2D eigenvalue weighted by molar-refractivity contribution is 5.44. The van der Waals surface area contributed by atoms with Crippen LogP contribution in [0.3, 0.4) is 0 Å². The number of aromatic nitrogens is 4. The second kappa shape index (κ2) is 6.89. The highest BCUT2D eigenvalue weighted by atomic mass is 16.5. The maximum atomic E-state index is 5.67. The molecule has 22 heavy (non-hydrogen) atoms. The standard InChI is InChI=1S/C16H19N5O/c1-13-11-15(21-16(20-13)18-12-19-21)17-9-5-6-10-22-14-7-3-2-4-8-14/h2-4,7-8,11-12,17H,5-6,9-10H2,1H3. The lowest BCUT2D eigenvalue weighted by atomic mass is 10.3. The van der Waals surface area contributed by atoms with Crippen molar-refractivity contribution < 1.29 is 4.74 Å². The normalized spacial score (nSPS) is 10.8. The van der Waals surface area contributed by atoms with Crippen LogP contribution >= 0.6 is 0 Å². The third kappa shape index (κ3) is 3.52. The molecular weight excluding hydrogens is 278 g/mol. The number of para-hydroxylation sites is 1. The lowest BCUT2D eigenvalue weighted by molar-refractivity contribution is 0.308. The Morgan fingerprint density at radius 2 is 2.05 bits per heavy atom. The Kier molecular flexibility index (Phi) is 4.48. The number of rotatable bonds is 7. The monoisotopic (exact) mass is 297 g/mol. The SMILES string of the molecule is Cc1cc(NCCCCOc2ccccc2)n2ncnc2n1. The topological polar surface area (TPSA) is 64.3 Å². The molecule has 0 aliphatic rings. The van der Waals surface area contributed by atoms with Crippen molar-refractivity contribution in [2.45, 2.75) is 19.8 Å². The molecule has 0 saturated heterocycles. The Morgan fingerprint density at radius 3 is 2.91 bits per heavy atom. The lowest BCUT2D eigenvalue weighted by Crippen LogP contribution is -2.09. The number of hydrogen-bond acceptors (Lipinski definition) is 5. The van der Waals surface area contributed by atoms with Crippen LogP contribution in [-0.2, 0) is 0 Å². The largest absolute Gasteiger partial charge is 0.494 e. The van der Waals surface area contributed by atoms with Crippen LogP contribution in [0.25, 0.3) is 5.78 Å². The summed E-state index contributed by atoms with van der Waals surface area (Å²) in [6.07, 6.45) is 3.53. The molecule has 1 N–H and O–H groups in total. The first-order valence-electron chi connectivity index (χ1n) is 7.42. The zero-order chi connectivity index (χ0) is 15.2. The van der Waals surface area contributed by atoms with E-state index in [1.165, 1.54) is 6.33 Å². The fourth-order valence-electron chi connectivity index (χ4n) is 2.21. The van der Waals surface area contributed by atoms with Gasteiger partial charge in [0.1, 0.15) is 17.9 Å². The van der Waals surface area contributed by atoms with E-state index in [1.54, 1.807) is 4.52 Å². The summed E-state index contributed by atoms with van der Waals surface area (Å²) in [5.41, 5.74) is 0.926. The molecule has 0 spiro atoms. The maximum absolute atomic E-state index is 5.67. The second-order valence-corrected chi connectivity index (χ2v) is 5.05. The first-order chi connectivity index (χ1) is 10.8. The van der Waals surface area contributed by atoms with E-state index in [-0.39, 0.29) is 0 Å². The van der Waals surface area contributed by atoms with Crippen molar-refractivity contribution in [3.05, 3.63) is 48.4 Å². The van der Waals surface area contributed by atoms with Gasteiger partial charge in [0, 0.05) is 18.3 Å². The van der Waals surface area contributed by atoms with E-state index in [0.717, 1.165) is 43.3 Å². The molecule has 2 heterocycles. The van der Waals surface area contributed by atoms with Crippen molar-refractivity contribution in [3.8, 4) is 5.75 Å². The van der Waals surface area contributed by atoms with E-state index in [1.807, 2.05) is 43.3 Å². The molecule has 0 atom stereocenters. The molecule has 6 nitrogen and oxygen atoms in total. The molecule has 0 unspecified atom stereocenters. The second-order valence-electron chi connectivity index (χ2n) is 5.05. The Balaban J connectivity index is 1.44. The first kappa shape index (κ1) is 14.3. The summed E-state index contributed by atoms with van der Waals surface area (Å²) in [4.78, 5) is 8.43. The summed E-state index contributed by atoms with van der Waals surface area (Å²) in [5, 5.41) is 7.55. The van der Waals surface area contributed by atoms with Crippen molar-refractivity contribution in [3.63, 3.8) is 0 Å². The van der Waals surface area contributed by atoms with Crippen LogP contribution in [0.1, 0.15) is 18.5 Å². The van der Waals surface area contributed by atoms with Crippen LogP contribution in [0.4, 0.5) is 5.82 Å². The van der Waals surface area contributed by atoms with E-state index < -0.39 is 0 Å². The van der Waals surface area contributed by atoms with Crippen molar-refractivity contribution in [1.82, 2.24) is 19.6 Å². The molecule has 0 aliphatic carbocycles. The summed E-state index contributed by atoms with van der Waals surface area (Å²) in [6, 6.07) is 11.9. The minimum atomic E-state index is 0.620. The van der Waals surface area contributed by atoms with Crippen LogP contribution in [-0.4, -0.2) is 32.7 Å². The quantitative estimate of drug-likeness (QED) is 0.679. The molecule has 2 aromatic heterocycles. The van der Waals surface area contributed by atoms with Crippen molar-refractivity contribution in [2.24, 2.45) is 0 Å². The number of nitrogens with zero attached hydrogens (tertiary/aromatic N) is 4. The van der Waals surface area contributed by atoms with E-state index in [9.17, 15) is 0 Å². The third-order valence-corrected chi connectivity index (χ3v) is 3.27. The Labute approximate surface area is 129 Å². The number of unbranched alkanes of at least 4 members (excludes halogenated alkanes) is 1. The van der Waals surface area contributed by atoms with E-state index in [0.29, 0.717) is 5.78 Å². The summed E-state index contributed by atoms with van der Waals surface area (Å²) >= 11 is 0. The van der Waals surface area contributed by atoms with Crippen LogP contribution in [0.15, 0.2) is 42.7 Å². The molecule has 3 rings (SSSR count). The summed E-state index contributed by atoms with van der Waals surface area (Å²) in [6.45, 7) is 3.53. The van der Waals surface area contributed by atoms with Gasteiger partial charge < -0.3 is 10.1 Å². The number of benzene rings is 1. The van der Waals surface area contributed by atoms with Gasteiger partial charge in [0.05, 0.1) is 6.61 Å². The first-order valence-corrected chi connectivity index (χ1v) is 7.42. The average Bonchev–Trinajstić information content (AvgIpc) is 3.00. The van der Waals surface area contributed by atoms with Crippen LogP contribution < -0.4 is 10.1 Å². The van der Waals surface area contributed by atoms with Gasteiger partial charge in [-0.2, -0.15) is 14.6 Å². The third-order valence-electron chi connectivity index (χ3n) is 3.27. The van der Waals surface area contributed by atoms with E-state index >= 15 is 0 Å². The van der Waals surface area contributed by atoms with Gasteiger partial charge in [0.15, 0.2) is 0 Å². The number of nitrogens with one attached hydrogen (secondary N) is 1. The van der Waals surface area contributed by atoms with Crippen molar-refractivity contribution in [2.75, 3.05) is 18.5 Å². The predicted molar refractivity (Wildman–Crippen MR) is 85.2 cm³/mol. The number of hydrogen-bond donors (Lipinski definition) is 1. The molecule has 3 aromatic rings. The highest BCUT2D eigenvalue weighted by Gasteiger charge is 2.04. The molecular formula is C16H19N5O. The van der Waals surface area contributed by atoms with Gasteiger partial charge in [-0.25, -0.2) is 4.98 Å². The molecule has 1 aromatic carbocycles. The number of aryl methyl sites for hydroxylation is 1. The molecule has 0 aliphatic heterocycles. The van der Waals surface area contributed by atoms with Gasteiger partial charge >= 0.3 is 0 Å². The van der Waals surface area contributed by atoms with Crippen molar-refractivity contribution >= 4 is 11.6 Å². The number of ether oxygens (including phenoxy) is 1. The molecule has 0 bridgehead atoms. The van der Waals surface area contributed by atoms with Crippen molar-refractivity contribution in [1.29, 1.82) is 0 Å². The molecule has 0 saturated carbocycles. The summed E-state index contributed by atoms with van der Waals surface area (Å²) < 4.78 is 7.39. The van der Waals surface area contributed by atoms with Gasteiger partial charge in [-0.3, -0.25) is 0 Å². The van der Waals surface area contributed by atoms with Gasteiger partial charge in [-0.1, -0.05) is 18.2 Å². The Bertz CT molecular complexity index is 726. The van der Waals surface area contributed by atoms with Crippen LogP contribution in [0, 0.1) is 6.92 Å². The lowest BCUT2D eigenvalue weighted by Gasteiger charge is -2.09. The highest BCUT2D eigenvalue weighted by Crippen LogP contribution is 2.11. The van der Waals surface area contributed by atoms with Crippen LogP contribution in [0.2, 0.25) is 0 Å². The molecule has 6 heteroatoms. The molecule has 114 valence electrons. The Morgan fingerprint density at radius 1 is 1.18 bits per heavy atom. The molecule has 0 fully saturated rings. The molecule has 0 amide bonds. The smallest absolute Gasteiger partial charge is 0.254 e. The maximum Gasteiger partial charge on any atom is 0.254 e. The van der Waals surface area contributed by atoms with Gasteiger partial charge in [-0.15, -0.1) is 0 Å². The minimum Gasteiger partial charge on any atom is -0.494 e. The fraction of sp³-hybridized carbons (Fsp3) is 0.312. The Hall–Kier alpha value is -2.63. The summed E-state index contributed by atoms with van der Waals surface area (Å²) in [5.74, 6) is 2.46. The van der Waals surface area contributed by atoms with E-state index in [2.05, 4.69) is 20.4 Å². The zero-order valence-corrected chi connectivity index (χ0v) is 12.6. The van der Waals surface area contributed by atoms with Crippen LogP contribution in [0.5, 0.6) is 5.75 Å². The minimum absolute atomic E-state index is 0.620. The van der Waals surface area contributed by atoms with Gasteiger partial charge in [0.2, 0.25) is 0 Å². The summed E-state index contributed by atoms with van der Waals surface area (Å²) in [7, 11) is 0. The van der Waals surface area contributed by atoms with E-state index in [4.69, 9.17) is 4.74 Å². The predicted octanol–water partition coefficient (Wildman–Crippen LogP) is 2.70. The fourth-order valence-corrected chi connectivity index (χ4v) is 2.21. The zero-order valence-electron chi connectivity index (χ0n) is 12.6. The number of fused-ring (bicyclic) bond motifs is 1. The molecule has 0 radical (unpaired) electrons. The van der Waals surface area contributed by atoms with Gasteiger partial charge in [-0.05, 0) is 31.9 Å². The average molecular weight is 297 g/mol. The van der Waals surface area contributed by atoms with Gasteiger partial charge in [0.25, 0.3) is 5.78 Å². The number of anilines is 1.